The molecule has 0 aromatic carbocycles. The van der Waals surface area contributed by atoms with Crippen molar-refractivity contribution in [3.8, 4) is 0 Å². The van der Waals surface area contributed by atoms with Crippen LogP contribution in [0, 0.1) is 12.3 Å². The first-order valence-electron chi connectivity index (χ1n) is 8.74. The van der Waals surface area contributed by atoms with Crippen molar-refractivity contribution >= 4 is 5.96 Å². The molecule has 0 aliphatic heterocycles. The Bertz CT molecular complexity index is 526. The van der Waals surface area contributed by atoms with Gasteiger partial charge >= 0.3 is 0 Å². The van der Waals surface area contributed by atoms with Gasteiger partial charge in [-0.1, -0.05) is 19.8 Å². The van der Waals surface area contributed by atoms with Crippen molar-refractivity contribution in [3.63, 3.8) is 0 Å². The molecule has 1 aromatic heterocycles. The molecule has 23 heavy (non-hydrogen) atoms. The zero-order valence-electron chi connectivity index (χ0n) is 14.9. The third kappa shape index (κ3) is 4.74. The first kappa shape index (κ1) is 17.9. The minimum atomic E-state index is -0.256. The van der Waals surface area contributed by atoms with Crippen molar-refractivity contribution in [3.05, 3.63) is 23.7 Å². The highest BCUT2D eigenvalue weighted by molar-refractivity contribution is 5.80. The van der Waals surface area contributed by atoms with E-state index in [1.165, 1.54) is 6.42 Å². The molecule has 0 radical (unpaired) electrons. The molecule has 0 amide bonds. The topological polar surface area (TPSA) is 69.8 Å². The van der Waals surface area contributed by atoms with E-state index in [0.717, 1.165) is 43.3 Å². The van der Waals surface area contributed by atoms with Crippen molar-refractivity contribution in [2.24, 2.45) is 10.4 Å². The molecule has 5 heteroatoms. The summed E-state index contributed by atoms with van der Waals surface area (Å²) in [6.07, 6.45) is 3.96. The van der Waals surface area contributed by atoms with Gasteiger partial charge in [0.05, 0.1) is 18.7 Å². The summed E-state index contributed by atoms with van der Waals surface area (Å²) in [4.78, 5) is 4.72. The van der Waals surface area contributed by atoms with Gasteiger partial charge in [0.1, 0.15) is 11.5 Å². The minimum Gasteiger partial charge on any atom is -0.464 e. The lowest BCUT2D eigenvalue weighted by atomic mass is 9.73. The maximum Gasteiger partial charge on any atom is 0.191 e. The van der Waals surface area contributed by atoms with Gasteiger partial charge in [0.15, 0.2) is 5.96 Å². The van der Waals surface area contributed by atoms with Crippen LogP contribution in [0.25, 0.3) is 0 Å². The number of rotatable bonds is 5. The lowest BCUT2D eigenvalue weighted by Gasteiger charge is -2.37. The number of aliphatic hydroxyl groups excluding tert-OH is 1. The highest BCUT2D eigenvalue weighted by Gasteiger charge is 2.35. The van der Waals surface area contributed by atoms with Crippen LogP contribution >= 0.6 is 0 Å². The highest BCUT2D eigenvalue weighted by Crippen LogP contribution is 2.36. The summed E-state index contributed by atoms with van der Waals surface area (Å²) in [5.41, 5.74) is -0.120. The van der Waals surface area contributed by atoms with E-state index in [4.69, 9.17) is 9.41 Å². The van der Waals surface area contributed by atoms with E-state index in [1.807, 2.05) is 19.1 Å². The number of hydrogen-bond acceptors (Lipinski definition) is 3. The number of furan rings is 1. The fraction of sp³-hybridized carbons (Fsp3) is 0.722. The summed E-state index contributed by atoms with van der Waals surface area (Å²) in [6.45, 7) is 9.63. The molecule has 3 unspecified atom stereocenters. The van der Waals surface area contributed by atoms with Gasteiger partial charge in [-0.05, 0) is 45.7 Å². The van der Waals surface area contributed by atoms with Crippen LogP contribution < -0.4 is 10.6 Å². The Morgan fingerprint density at radius 3 is 2.87 bits per heavy atom. The Morgan fingerprint density at radius 1 is 1.48 bits per heavy atom. The van der Waals surface area contributed by atoms with Gasteiger partial charge in [-0.15, -0.1) is 0 Å². The zero-order valence-corrected chi connectivity index (χ0v) is 14.9. The van der Waals surface area contributed by atoms with Crippen LogP contribution in [-0.4, -0.2) is 30.3 Å². The number of nitrogens with zero attached hydrogens (tertiary/aromatic N) is 1. The van der Waals surface area contributed by atoms with Crippen LogP contribution in [0.15, 0.2) is 21.5 Å². The normalized spacial score (nSPS) is 26.8. The zero-order chi connectivity index (χ0) is 16.9. The smallest absolute Gasteiger partial charge is 0.191 e. The van der Waals surface area contributed by atoms with Crippen molar-refractivity contribution in [1.29, 1.82) is 0 Å². The van der Waals surface area contributed by atoms with Crippen LogP contribution in [-0.2, 0) is 0 Å². The predicted molar refractivity (Wildman–Crippen MR) is 93.6 cm³/mol. The predicted octanol–water partition coefficient (Wildman–Crippen LogP) is 3.15. The molecule has 3 N–H and O–H groups in total. The SMILES string of the molecule is CCNC(=NCC1(C)CCCCC1O)NC(C)c1ccc(C)o1. The quantitative estimate of drug-likeness (QED) is 0.575. The standard InChI is InChI=1S/C18H31N3O2/c1-5-19-17(21-14(3)15-10-9-13(2)23-15)20-12-18(4)11-7-6-8-16(18)22/h9-10,14,16,22H,5-8,11-12H2,1-4H3,(H2,19,20,21). The monoisotopic (exact) mass is 321 g/mol. The van der Waals surface area contributed by atoms with Crippen molar-refractivity contribution in [1.82, 2.24) is 10.6 Å². The van der Waals surface area contributed by atoms with Crippen LogP contribution in [0.4, 0.5) is 0 Å². The van der Waals surface area contributed by atoms with Crippen LogP contribution in [0.5, 0.6) is 0 Å². The maximum absolute atomic E-state index is 10.3. The van der Waals surface area contributed by atoms with Gasteiger partial charge in [-0.2, -0.15) is 0 Å². The van der Waals surface area contributed by atoms with Crippen LogP contribution in [0.2, 0.25) is 0 Å². The Hall–Kier alpha value is -1.49. The molecule has 1 aliphatic carbocycles. The number of aryl methyl sites for hydroxylation is 1. The van der Waals surface area contributed by atoms with Crippen LogP contribution in [0.3, 0.4) is 0 Å². The summed E-state index contributed by atoms with van der Waals surface area (Å²) in [5.74, 6) is 2.58. The molecule has 1 aromatic rings. The number of hydrogen-bond donors (Lipinski definition) is 3. The van der Waals surface area contributed by atoms with E-state index < -0.39 is 0 Å². The second-order valence-electron chi connectivity index (χ2n) is 6.93. The fourth-order valence-electron chi connectivity index (χ4n) is 3.11. The largest absolute Gasteiger partial charge is 0.464 e. The molecule has 1 heterocycles. The average Bonchev–Trinajstić information content (AvgIpc) is 2.95. The molecular formula is C18H31N3O2. The van der Waals surface area contributed by atoms with Gasteiger partial charge in [-0.25, -0.2) is 0 Å². The highest BCUT2D eigenvalue weighted by atomic mass is 16.3. The molecule has 1 aliphatic rings. The van der Waals surface area contributed by atoms with Gasteiger partial charge in [0, 0.05) is 12.0 Å². The third-order valence-electron chi connectivity index (χ3n) is 4.76. The van der Waals surface area contributed by atoms with Crippen molar-refractivity contribution in [2.45, 2.75) is 65.5 Å². The van der Waals surface area contributed by atoms with E-state index in [0.29, 0.717) is 6.54 Å². The molecule has 0 spiro atoms. The van der Waals surface area contributed by atoms with E-state index in [9.17, 15) is 5.11 Å². The summed E-state index contributed by atoms with van der Waals surface area (Å²) in [6, 6.07) is 4.00. The van der Waals surface area contributed by atoms with Crippen molar-refractivity contribution < 1.29 is 9.52 Å². The Labute approximate surface area is 139 Å². The van der Waals surface area contributed by atoms with E-state index in [1.54, 1.807) is 0 Å². The van der Waals surface area contributed by atoms with E-state index in [2.05, 4.69) is 31.4 Å². The molecule has 1 saturated carbocycles. The number of nitrogens with one attached hydrogen (secondary N) is 2. The Kier molecular flexibility index (Phi) is 6.10. The Morgan fingerprint density at radius 2 is 2.26 bits per heavy atom. The Balaban J connectivity index is 2.02. The molecule has 2 rings (SSSR count). The van der Waals surface area contributed by atoms with E-state index >= 15 is 0 Å². The second kappa shape index (κ2) is 7.86. The molecule has 0 bridgehead atoms. The number of aliphatic imine (C=N–C) groups is 1. The summed E-state index contributed by atoms with van der Waals surface area (Å²) >= 11 is 0. The lowest BCUT2D eigenvalue weighted by molar-refractivity contribution is 0.00715. The van der Waals surface area contributed by atoms with Gasteiger partial charge in [0.2, 0.25) is 0 Å². The number of aliphatic hydroxyl groups is 1. The average molecular weight is 321 g/mol. The molecule has 5 nitrogen and oxygen atoms in total. The maximum atomic E-state index is 10.3. The second-order valence-corrected chi connectivity index (χ2v) is 6.93. The van der Waals surface area contributed by atoms with Gasteiger partial charge in [0.25, 0.3) is 0 Å². The summed E-state index contributed by atoms with van der Waals surface area (Å²) in [7, 11) is 0. The number of guanidine groups is 1. The molecular weight excluding hydrogens is 290 g/mol. The molecule has 0 saturated heterocycles. The first-order valence-corrected chi connectivity index (χ1v) is 8.74. The first-order chi connectivity index (χ1) is 10.9. The molecule has 1 fully saturated rings. The third-order valence-corrected chi connectivity index (χ3v) is 4.76. The summed E-state index contributed by atoms with van der Waals surface area (Å²) in [5, 5.41) is 17.0. The van der Waals surface area contributed by atoms with E-state index in [-0.39, 0.29) is 17.6 Å². The van der Waals surface area contributed by atoms with Crippen molar-refractivity contribution in [2.75, 3.05) is 13.1 Å². The fourth-order valence-corrected chi connectivity index (χ4v) is 3.11. The summed E-state index contributed by atoms with van der Waals surface area (Å²) < 4.78 is 5.67. The van der Waals surface area contributed by atoms with Crippen LogP contribution in [0.1, 0.15) is 64.0 Å². The van der Waals surface area contributed by atoms with Gasteiger partial charge < -0.3 is 20.2 Å². The molecule has 3 atom stereocenters. The lowest BCUT2D eigenvalue weighted by Crippen LogP contribution is -2.42. The minimum absolute atomic E-state index is 0.0468. The molecule has 130 valence electrons. The van der Waals surface area contributed by atoms with Gasteiger partial charge in [-0.3, -0.25) is 4.99 Å².